The second-order valence-electron chi connectivity index (χ2n) is 4.08. The monoisotopic (exact) mass is 217 g/mol. The van der Waals surface area contributed by atoms with Gasteiger partial charge in [0, 0.05) is 12.1 Å². The zero-order valence-electron chi connectivity index (χ0n) is 9.22. The summed E-state index contributed by atoms with van der Waals surface area (Å²) in [5.41, 5.74) is 0.311. The summed E-state index contributed by atoms with van der Waals surface area (Å²) < 4.78 is 0. The van der Waals surface area contributed by atoms with Gasteiger partial charge in [0.2, 0.25) is 0 Å². The van der Waals surface area contributed by atoms with E-state index in [4.69, 9.17) is 5.11 Å². The molecule has 0 bridgehead atoms. The minimum Gasteiger partial charge on any atom is -0.396 e. The van der Waals surface area contributed by atoms with Crippen LogP contribution in [-0.4, -0.2) is 35.3 Å². The Balaban J connectivity index is 2.03. The smallest absolute Gasteiger partial charge is 0.0448 e. The molecule has 0 aromatic carbocycles. The van der Waals surface area contributed by atoms with E-state index < -0.39 is 0 Å². The van der Waals surface area contributed by atoms with Gasteiger partial charge in [-0.1, -0.05) is 6.92 Å². The first-order valence-electron chi connectivity index (χ1n) is 5.76. The van der Waals surface area contributed by atoms with E-state index in [1.165, 1.54) is 37.2 Å². The molecule has 2 N–H and O–H groups in total. The Labute approximate surface area is 91.9 Å². The third-order valence-corrected chi connectivity index (χ3v) is 4.06. The average molecular weight is 217 g/mol. The Morgan fingerprint density at radius 1 is 1.43 bits per heavy atom. The number of aliphatic hydroxyl groups excluding tert-OH is 1. The average Bonchev–Trinajstić information content (AvgIpc) is 2.13. The van der Waals surface area contributed by atoms with Crippen molar-refractivity contribution in [3.8, 4) is 0 Å². The molecule has 1 rings (SSSR count). The first kappa shape index (κ1) is 12.3. The standard InChI is InChI=1S/C11H23NOS/c1-2-14-10-4-8-12-11(7-9-13)5-3-6-11/h12-13H,2-10H2,1H3. The summed E-state index contributed by atoms with van der Waals surface area (Å²) in [5.74, 6) is 2.49. The fraction of sp³-hybridized carbons (Fsp3) is 1.00. The predicted molar refractivity (Wildman–Crippen MR) is 63.9 cm³/mol. The van der Waals surface area contributed by atoms with Gasteiger partial charge in [-0.2, -0.15) is 11.8 Å². The van der Waals surface area contributed by atoms with Gasteiger partial charge >= 0.3 is 0 Å². The van der Waals surface area contributed by atoms with Crippen molar-refractivity contribution in [2.75, 3.05) is 24.7 Å². The first-order chi connectivity index (χ1) is 6.83. The number of thioether (sulfide) groups is 1. The summed E-state index contributed by atoms with van der Waals surface area (Å²) in [6, 6.07) is 0. The van der Waals surface area contributed by atoms with Gasteiger partial charge in [0.05, 0.1) is 0 Å². The quantitative estimate of drug-likeness (QED) is 0.610. The molecule has 14 heavy (non-hydrogen) atoms. The molecule has 1 fully saturated rings. The van der Waals surface area contributed by atoms with Crippen LogP contribution in [0.1, 0.15) is 39.0 Å². The highest BCUT2D eigenvalue weighted by molar-refractivity contribution is 7.99. The highest BCUT2D eigenvalue weighted by atomic mass is 32.2. The molecular formula is C11H23NOS. The molecule has 0 aromatic rings. The van der Waals surface area contributed by atoms with Crippen LogP contribution in [0.25, 0.3) is 0 Å². The molecule has 0 spiro atoms. The van der Waals surface area contributed by atoms with Crippen LogP contribution in [0.15, 0.2) is 0 Å². The third-order valence-electron chi connectivity index (χ3n) is 3.07. The summed E-state index contributed by atoms with van der Waals surface area (Å²) in [4.78, 5) is 0. The molecule has 0 saturated heterocycles. The van der Waals surface area contributed by atoms with E-state index in [1.807, 2.05) is 11.8 Å². The van der Waals surface area contributed by atoms with Crippen LogP contribution in [0.5, 0.6) is 0 Å². The van der Waals surface area contributed by atoms with Crippen molar-refractivity contribution in [3.05, 3.63) is 0 Å². The van der Waals surface area contributed by atoms with Crippen molar-refractivity contribution in [2.24, 2.45) is 0 Å². The lowest BCUT2D eigenvalue weighted by molar-refractivity contribution is 0.132. The van der Waals surface area contributed by atoms with E-state index in [9.17, 15) is 0 Å². The van der Waals surface area contributed by atoms with Crippen molar-refractivity contribution >= 4 is 11.8 Å². The van der Waals surface area contributed by atoms with Crippen LogP contribution in [0, 0.1) is 0 Å². The molecule has 0 radical (unpaired) electrons. The van der Waals surface area contributed by atoms with E-state index >= 15 is 0 Å². The zero-order valence-corrected chi connectivity index (χ0v) is 10.0. The molecule has 1 aliphatic rings. The van der Waals surface area contributed by atoms with Gasteiger partial charge in [-0.3, -0.25) is 0 Å². The molecule has 1 saturated carbocycles. The van der Waals surface area contributed by atoms with Crippen molar-refractivity contribution in [2.45, 2.75) is 44.6 Å². The second-order valence-corrected chi connectivity index (χ2v) is 5.48. The van der Waals surface area contributed by atoms with E-state index in [-0.39, 0.29) is 0 Å². The second kappa shape index (κ2) is 6.70. The number of nitrogens with one attached hydrogen (secondary N) is 1. The molecule has 2 nitrogen and oxygen atoms in total. The summed E-state index contributed by atoms with van der Waals surface area (Å²) in [6.45, 7) is 3.65. The Morgan fingerprint density at radius 3 is 2.71 bits per heavy atom. The van der Waals surface area contributed by atoms with Crippen LogP contribution >= 0.6 is 11.8 Å². The molecule has 0 unspecified atom stereocenters. The summed E-state index contributed by atoms with van der Waals surface area (Å²) in [7, 11) is 0. The maximum atomic E-state index is 8.96. The van der Waals surface area contributed by atoms with Crippen LogP contribution in [0.3, 0.4) is 0 Å². The largest absolute Gasteiger partial charge is 0.396 e. The Morgan fingerprint density at radius 2 is 2.21 bits per heavy atom. The predicted octanol–water partition coefficient (Wildman–Crippen LogP) is 2.02. The highest BCUT2D eigenvalue weighted by Crippen LogP contribution is 2.34. The van der Waals surface area contributed by atoms with E-state index in [1.54, 1.807) is 0 Å². The lowest BCUT2D eigenvalue weighted by Gasteiger charge is -2.42. The Hall–Kier alpha value is 0.270. The number of hydrogen-bond donors (Lipinski definition) is 2. The first-order valence-corrected chi connectivity index (χ1v) is 6.92. The van der Waals surface area contributed by atoms with Gasteiger partial charge in [-0.15, -0.1) is 0 Å². The number of rotatable bonds is 8. The van der Waals surface area contributed by atoms with Crippen molar-refractivity contribution in [1.29, 1.82) is 0 Å². The molecule has 84 valence electrons. The van der Waals surface area contributed by atoms with E-state index in [0.717, 1.165) is 13.0 Å². The SMILES string of the molecule is CCSCCCNC1(CCO)CCC1. The molecule has 1 aliphatic carbocycles. The number of hydrogen-bond acceptors (Lipinski definition) is 3. The van der Waals surface area contributed by atoms with Gasteiger partial charge in [-0.05, 0) is 50.2 Å². The highest BCUT2D eigenvalue weighted by Gasteiger charge is 2.35. The fourth-order valence-electron chi connectivity index (χ4n) is 2.00. The molecular weight excluding hydrogens is 194 g/mol. The molecule has 0 atom stereocenters. The van der Waals surface area contributed by atoms with Gasteiger partial charge in [0.1, 0.15) is 0 Å². The third kappa shape index (κ3) is 3.79. The van der Waals surface area contributed by atoms with E-state index in [2.05, 4.69) is 12.2 Å². The molecule has 0 heterocycles. The van der Waals surface area contributed by atoms with Crippen LogP contribution in [-0.2, 0) is 0 Å². The summed E-state index contributed by atoms with van der Waals surface area (Å²) in [5, 5.41) is 12.6. The maximum Gasteiger partial charge on any atom is 0.0448 e. The Bertz CT molecular complexity index is 148. The minimum atomic E-state index is 0.311. The molecule has 0 aromatic heterocycles. The maximum absolute atomic E-state index is 8.96. The van der Waals surface area contributed by atoms with Crippen LogP contribution in [0.2, 0.25) is 0 Å². The lowest BCUT2D eigenvalue weighted by Crippen LogP contribution is -2.51. The van der Waals surface area contributed by atoms with Crippen molar-refractivity contribution in [3.63, 3.8) is 0 Å². The zero-order chi connectivity index (χ0) is 10.3. The fourth-order valence-corrected chi connectivity index (χ4v) is 2.64. The summed E-state index contributed by atoms with van der Waals surface area (Å²) in [6.07, 6.45) is 6.04. The minimum absolute atomic E-state index is 0.311. The van der Waals surface area contributed by atoms with Crippen LogP contribution in [0.4, 0.5) is 0 Å². The molecule has 3 heteroatoms. The van der Waals surface area contributed by atoms with Crippen molar-refractivity contribution in [1.82, 2.24) is 5.32 Å². The normalized spacial score (nSPS) is 19.3. The topological polar surface area (TPSA) is 32.3 Å². The van der Waals surface area contributed by atoms with Gasteiger partial charge in [0.25, 0.3) is 0 Å². The molecule has 0 aliphatic heterocycles. The number of aliphatic hydroxyl groups is 1. The van der Waals surface area contributed by atoms with E-state index in [0.29, 0.717) is 12.1 Å². The molecule has 0 amide bonds. The van der Waals surface area contributed by atoms with Gasteiger partial charge in [-0.25, -0.2) is 0 Å². The van der Waals surface area contributed by atoms with Gasteiger partial charge in [0.15, 0.2) is 0 Å². The lowest BCUT2D eigenvalue weighted by atomic mass is 9.74. The Kier molecular flexibility index (Phi) is 5.90. The van der Waals surface area contributed by atoms with Gasteiger partial charge < -0.3 is 10.4 Å². The summed E-state index contributed by atoms with van der Waals surface area (Å²) >= 11 is 2.01. The van der Waals surface area contributed by atoms with Crippen LogP contribution < -0.4 is 5.32 Å². The van der Waals surface area contributed by atoms with Crippen molar-refractivity contribution < 1.29 is 5.11 Å².